The number of fused-ring (bicyclic) bond motifs is 1. The summed E-state index contributed by atoms with van der Waals surface area (Å²) in [5, 5.41) is 0.722. The van der Waals surface area contributed by atoms with Crippen molar-refractivity contribution in [2.45, 2.75) is 83.5 Å². The van der Waals surface area contributed by atoms with E-state index in [0.717, 1.165) is 36.3 Å². The molecule has 24 heavy (non-hydrogen) atoms. The van der Waals surface area contributed by atoms with Gasteiger partial charge in [0.25, 0.3) is 0 Å². The van der Waals surface area contributed by atoms with E-state index in [4.69, 9.17) is 30.5 Å². The number of hydrogen-bond donors (Lipinski definition) is 0. The zero-order chi connectivity index (χ0) is 17.2. The fourth-order valence-corrected chi connectivity index (χ4v) is 3.47. The summed E-state index contributed by atoms with van der Waals surface area (Å²) in [6.45, 7) is 6.64. The first-order valence-corrected chi connectivity index (χ1v) is 9.30. The number of rotatable bonds is 7. The first kappa shape index (κ1) is 18.2. The lowest BCUT2D eigenvalue weighted by Crippen LogP contribution is -2.37. The monoisotopic (exact) mass is 354 g/mol. The zero-order valence-electron chi connectivity index (χ0n) is 14.7. The number of benzene rings is 1. The molecule has 4 nitrogen and oxygen atoms in total. The number of hydrogen-bond acceptors (Lipinski definition) is 4. The molecule has 1 unspecified atom stereocenters. The summed E-state index contributed by atoms with van der Waals surface area (Å²) >= 11 is 6.24. The zero-order valence-corrected chi connectivity index (χ0v) is 15.4. The predicted octanol–water partition coefficient (Wildman–Crippen LogP) is 4.68. The maximum Gasteiger partial charge on any atom is 0.190 e. The second-order valence-corrected chi connectivity index (χ2v) is 7.15. The summed E-state index contributed by atoms with van der Waals surface area (Å²) < 4.78 is 24.5. The van der Waals surface area contributed by atoms with Crippen LogP contribution >= 0.6 is 11.6 Å². The van der Waals surface area contributed by atoms with Gasteiger partial charge in [0.1, 0.15) is 12.2 Å². The van der Waals surface area contributed by atoms with Crippen LogP contribution in [0.25, 0.3) is 0 Å². The Morgan fingerprint density at radius 1 is 1.21 bits per heavy atom. The molecule has 1 aromatic carbocycles. The highest BCUT2D eigenvalue weighted by atomic mass is 35.5. The molecular formula is C19H27ClO4. The molecule has 134 valence electrons. The second kappa shape index (κ2) is 7.71. The van der Waals surface area contributed by atoms with Crippen molar-refractivity contribution in [1.29, 1.82) is 0 Å². The third-order valence-electron chi connectivity index (χ3n) is 4.89. The fourth-order valence-electron chi connectivity index (χ4n) is 3.28. The van der Waals surface area contributed by atoms with Gasteiger partial charge in [-0.2, -0.15) is 0 Å². The largest absolute Gasteiger partial charge is 0.368 e. The maximum absolute atomic E-state index is 6.24. The molecule has 0 N–H and O–H groups in total. The van der Waals surface area contributed by atoms with Crippen molar-refractivity contribution in [2.75, 3.05) is 0 Å². The summed E-state index contributed by atoms with van der Waals surface area (Å²) in [5.41, 5.74) is 0.981. The van der Waals surface area contributed by atoms with Gasteiger partial charge < -0.3 is 18.9 Å². The Labute approximate surface area is 149 Å². The molecule has 5 heteroatoms. The second-order valence-electron chi connectivity index (χ2n) is 6.74. The molecule has 2 aliphatic rings. The lowest BCUT2D eigenvalue weighted by atomic mass is 10.0. The van der Waals surface area contributed by atoms with Crippen molar-refractivity contribution >= 4 is 11.6 Å². The molecule has 1 aromatic rings. The first-order chi connectivity index (χ1) is 11.6. The normalized spacial score (nSPS) is 35.3. The van der Waals surface area contributed by atoms with Crippen molar-refractivity contribution < 1.29 is 18.9 Å². The molecule has 2 saturated heterocycles. The van der Waals surface area contributed by atoms with Gasteiger partial charge in [0.2, 0.25) is 0 Å². The molecule has 2 heterocycles. The number of unbranched alkanes of at least 4 members (excludes halogenated alkanes) is 1. The van der Waals surface area contributed by atoms with Crippen molar-refractivity contribution in [2.24, 2.45) is 0 Å². The molecule has 0 amide bonds. The van der Waals surface area contributed by atoms with Crippen LogP contribution in [0.15, 0.2) is 24.3 Å². The molecular weight excluding hydrogens is 328 g/mol. The Morgan fingerprint density at radius 3 is 2.71 bits per heavy atom. The van der Waals surface area contributed by atoms with Crippen LogP contribution in [0.2, 0.25) is 5.02 Å². The summed E-state index contributed by atoms with van der Waals surface area (Å²) in [5.74, 6) is -0.586. The van der Waals surface area contributed by atoms with Gasteiger partial charge in [-0.05, 0) is 31.4 Å². The molecule has 2 fully saturated rings. The minimum absolute atomic E-state index is 0.00356. The van der Waals surface area contributed by atoms with Crippen molar-refractivity contribution in [3.05, 3.63) is 34.9 Å². The summed E-state index contributed by atoms with van der Waals surface area (Å²) in [7, 11) is 0. The molecule has 5 atom stereocenters. The standard InChI is InChI=1S/C19H27ClO4/c1-4-6-11-15-16(21-12-13-9-7-8-10-14(13)20)17-18(22-15)24-19(3,5-2)23-17/h7-10,15-18H,4-6,11-12H2,1-3H3/t15-,16+,17-,18-,19?/m1/s1. The van der Waals surface area contributed by atoms with E-state index in [1.165, 1.54) is 0 Å². The lowest BCUT2D eigenvalue weighted by Gasteiger charge is -2.27. The van der Waals surface area contributed by atoms with Gasteiger partial charge in [0.15, 0.2) is 12.1 Å². The highest BCUT2D eigenvalue weighted by Crippen LogP contribution is 2.41. The Bertz CT molecular complexity index is 552. The summed E-state index contributed by atoms with van der Waals surface area (Å²) in [6, 6.07) is 7.76. The van der Waals surface area contributed by atoms with Crippen LogP contribution in [-0.2, 0) is 25.6 Å². The number of ether oxygens (including phenoxy) is 4. The highest BCUT2D eigenvalue weighted by molar-refractivity contribution is 6.31. The van der Waals surface area contributed by atoms with Gasteiger partial charge in [-0.1, -0.05) is 56.5 Å². The van der Waals surface area contributed by atoms with Crippen LogP contribution in [0.5, 0.6) is 0 Å². The Morgan fingerprint density at radius 2 is 2.00 bits per heavy atom. The molecule has 0 radical (unpaired) electrons. The van der Waals surface area contributed by atoms with Crippen LogP contribution < -0.4 is 0 Å². The van der Waals surface area contributed by atoms with Crippen LogP contribution in [0.1, 0.15) is 52.0 Å². The van der Waals surface area contributed by atoms with Crippen LogP contribution in [0.3, 0.4) is 0 Å². The van der Waals surface area contributed by atoms with Crippen molar-refractivity contribution in [1.82, 2.24) is 0 Å². The minimum atomic E-state index is -0.586. The van der Waals surface area contributed by atoms with Gasteiger partial charge in [0, 0.05) is 5.02 Å². The van der Waals surface area contributed by atoms with E-state index >= 15 is 0 Å². The maximum atomic E-state index is 6.24. The van der Waals surface area contributed by atoms with E-state index in [1.807, 2.05) is 31.2 Å². The van der Waals surface area contributed by atoms with Crippen molar-refractivity contribution in [3.8, 4) is 0 Å². The lowest BCUT2D eigenvalue weighted by molar-refractivity contribution is -0.229. The highest BCUT2D eigenvalue weighted by Gasteiger charge is 2.55. The van der Waals surface area contributed by atoms with Gasteiger partial charge in [-0.15, -0.1) is 0 Å². The van der Waals surface area contributed by atoms with E-state index < -0.39 is 5.79 Å². The molecule has 0 spiro atoms. The topological polar surface area (TPSA) is 36.9 Å². The van der Waals surface area contributed by atoms with Gasteiger partial charge in [-0.25, -0.2) is 0 Å². The quantitative estimate of drug-likeness (QED) is 0.712. The van der Waals surface area contributed by atoms with E-state index in [9.17, 15) is 0 Å². The van der Waals surface area contributed by atoms with Crippen LogP contribution in [0, 0.1) is 0 Å². The van der Waals surface area contributed by atoms with Gasteiger partial charge in [0.05, 0.1) is 12.7 Å². The first-order valence-electron chi connectivity index (χ1n) is 8.92. The summed E-state index contributed by atoms with van der Waals surface area (Å²) in [6.07, 6.45) is 3.30. The molecule has 0 saturated carbocycles. The third-order valence-corrected chi connectivity index (χ3v) is 5.26. The van der Waals surface area contributed by atoms with E-state index in [0.29, 0.717) is 6.61 Å². The Kier molecular flexibility index (Phi) is 5.83. The number of halogens is 1. The Hall–Kier alpha value is -0.650. The minimum Gasteiger partial charge on any atom is -0.368 e. The van der Waals surface area contributed by atoms with E-state index in [1.54, 1.807) is 0 Å². The smallest absolute Gasteiger partial charge is 0.190 e. The van der Waals surface area contributed by atoms with Crippen molar-refractivity contribution in [3.63, 3.8) is 0 Å². The van der Waals surface area contributed by atoms with Crippen LogP contribution in [-0.4, -0.2) is 30.4 Å². The molecule has 0 bridgehead atoms. The molecule has 0 aliphatic carbocycles. The Balaban J connectivity index is 1.69. The van der Waals surface area contributed by atoms with E-state index in [-0.39, 0.29) is 24.6 Å². The van der Waals surface area contributed by atoms with Gasteiger partial charge in [-0.3, -0.25) is 0 Å². The van der Waals surface area contributed by atoms with E-state index in [2.05, 4.69) is 13.8 Å². The average molecular weight is 355 g/mol. The molecule has 2 aliphatic heterocycles. The average Bonchev–Trinajstić information content (AvgIpc) is 3.06. The molecule has 0 aromatic heterocycles. The third kappa shape index (κ3) is 3.78. The summed E-state index contributed by atoms with van der Waals surface area (Å²) in [4.78, 5) is 0. The fraction of sp³-hybridized carbons (Fsp3) is 0.684. The SMILES string of the molecule is CCCC[C@H]1O[C@@H]2OC(C)(CC)O[C@@H]2[C@H]1OCc1ccccc1Cl. The van der Waals surface area contributed by atoms with Gasteiger partial charge >= 0.3 is 0 Å². The predicted molar refractivity (Wildman–Crippen MR) is 92.9 cm³/mol. The molecule has 3 rings (SSSR count). The van der Waals surface area contributed by atoms with Crippen LogP contribution in [0.4, 0.5) is 0 Å².